The Hall–Kier alpha value is -1.79. The largest absolute Gasteiger partial charge is 0.467 e. The molecule has 0 unspecified atom stereocenters. The van der Waals surface area contributed by atoms with Gasteiger partial charge in [-0.2, -0.15) is 0 Å². The number of likely N-dealkylation sites (tertiary alicyclic amines) is 1. The number of guanidine groups is 1. The first-order chi connectivity index (χ1) is 12.7. The van der Waals surface area contributed by atoms with Gasteiger partial charge in [0, 0.05) is 36.7 Å². The summed E-state index contributed by atoms with van der Waals surface area (Å²) in [7, 11) is 0. The minimum atomic E-state index is 0.463. The van der Waals surface area contributed by atoms with E-state index in [9.17, 15) is 0 Å². The Labute approximate surface area is 164 Å². The number of nitrogens with zero attached hydrogens (tertiary/aromatic N) is 2. The van der Waals surface area contributed by atoms with E-state index in [-0.39, 0.29) is 0 Å². The number of piperidine rings is 1. The number of hydrogen-bond donors (Lipinski definition) is 2. The van der Waals surface area contributed by atoms with Crippen LogP contribution in [-0.2, 0) is 13.1 Å². The maximum absolute atomic E-state index is 5.36. The lowest BCUT2D eigenvalue weighted by Crippen LogP contribution is -2.48. The van der Waals surface area contributed by atoms with Crippen LogP contribution in [0.25, 0.3) is 0 Å². The van der Waals surface area contributed by atoms with Crippen LogP contribution in [0.4, 0.5) is 0 Å². The topological polar surface area (TPSA) is 52.8 Å². The van der Waals surface area contributed by atoms with Crippen molar-refractivity contribution in [3.8, 4) is 0 Å². The molecule has 1 saturated heterocycles. The van der Waals surface area contributed by atoms with Gasteiger partial charge in [-0.15, -0.1) is 0 Å². The minimum absolute atomic E-state index is 0.463. The summed E-state index contributed by atoms with van der Waals surface area (Å²) >= 11 is 3.49. The van der Waals surface area contributed by atoms with Crippen molar-refractivity contribution in [2.24, 2.45) is 4.99 Å². The summed E-state index contributed by atoms with van der Waals surface area (Å²) in [5.74, 6) is 1.75. The van der Waals surface area contributed by atoms with E-state index in [1.807, 2.05) is 12.1 Å². The van der Waals surface area contributed by atoms with Gasteiger partial charge < -0.3 is 15.1 Å². The quantitative estimate of drug-likeness (QED) is 0.553. The van der Waals surface area contributed by atoms with E-state index >= 15 is 0 Å². The molecule has 2 N–H and O–H groups in total. The Morgan fingerprint density at radius 2 is 2.00 bits per heavy atom. The van der Waals surface area contributed by atoms with Crippen LogP contribution < -0.4 is 10.6 Å². The summed E-state index contributed by atoms with van der Waals surface area (Å²) in [6.07, 6.45) is 3.94. The average molecular weight is 419 g/mol. The summed E-state index contributed by atoms with van der Waals surface area (Å²) in [4.78, 5) is 7.15. The van der Waals surface area contributed by atoms with Gasteiger partial charge >= 0.3 is 0 Å². The van der Waals surface area contributed by atoms with E-state index in [1.54, 1.807) is 6.26 Å². The zero-order chi connectivity index (χ0) is 18.2. The fourth-order valence-corrected chi connectivity index (χ4v) is 3.42. The average Bonchev–Trinajstić information content (AvgIpc) is 3.17. The van der Waals surface area contributed by atoms with Gasteiger partial charge in [0.2, 0.25) is 0 Å². The van der Waals surface area contributed by atoms with Gasteiger partial charge in [-0.25, -0.2) is 4.99 Å². The van der Waals surface area contributed by atoms with Gasteiger partial charge in [-0.1, -0.05) is 28.1 Å². The van der Waals surface area contributed by atoms with E-state index in [4.69, 9.17) is 4.42 Å². The van der Waals surface area contributed by atoms with Crippen molar-refractivity contribution in [2.45, 2.75) is 38.9 Å². The van der Waals surface area contributed by atoms with Crippen LogP contribution in [0.3, 0.4) is 0 Å². The zero-order valence-corrected chi connectivity index (χ0v) is 16.8. The first-order valence-corrected chi connectivity index (χ1v) is 10.1. The van der Waals surface area contributed by atoms with E-state index < -0.39 is 0 Å². The number of hydrogen-bond acceptors (Lipinski definition) is 3. The molecule has 1 fully saturated rings. The highest BCUT2D eigenvalue weighted by Gasteiger charge is 2.20. The summed E-state index contributed by atoms with van der Waals surface area (Å²) in [6, 6.07) is 12.9. The molecule has 1 aromatic heterocycles. The molecule has 2 heterocycles. The normalized spacial score (nSPS) is 16.6. The Morgan fingerprint density at radius 3 is 2.65 bits per heavy atom. The van der Waals surface area contributed by atoms with Gasteiger partial charge in [0.15, 0.2) is 5.96 Å². The molecule has 140 valence electrons. The molecular weight excluding hydrogens is 392 g/mol. The van der Waals surface area contributed by atoms with E-state index in [0.29, 0.717) is 12.6 Å². The van der Waals surface area contributed by atoms with E-state index in [1.165, 1.54) is 5.56 Å². The number of halogens is 1. The summed E-state index contributed by atoms with van der Waals surface area (Å²) < 4.78 is 6.49. The number of nitrogens with one attached hydrogen (secondary N) is 2. The first kappa shape index (κ1) is 19.0. The van der Waals surface area contributed by atoms with Gasteiger partial charge in [0.1, 0.15) is 12.3 Å². The second-order valence-corrected chi connectivity index (χ2v) is 7.51. The van der Waals surface area contributed by atoms with Crippen molar-refractivity contribution in [1.29, 1.82) is 0 Å². The molecule has 5 nitrogen and oxygen atoms in total. The number of aliphatic imine (C=N–C) groups is 1. The molecule has 6 heteroatoms. The van der Waals surface area contributed by atoms with Crippen LogP contribution in [0.15, 0.2) is 56.5 Å². The molecule has 0 spiro atoms. The third-order valence-electron chi connectivity index (χ3n) is 4.57. The van der Waals surface area contributed by atoms with Gasteiger partial charge in [-0.05, 0) is 49.6 Å². The molecule has 0 aliphatic carbocycles. The van der Waals surface area contributed by atoms with Crippen LogP contribution in [0.2, 0.25) is 0 Å². The molecule has 0 saturated carbocycles. The van der Waals surface area contributed by atoms with E-state index in [0.717, 1.165) is 55.2 Å². The Balaban J connectivity index is 1.46. The molecule has 0 bridgehead atoms. The predicted molar refractivity (Wildman–Crippen MR) is 109 cm³/mol. The lowest BCUT2D eigenvalue weighted by atomic mass is 10.0. The maximum Gasteiger partial charge on any atom is 0.191 e. The highest BCUT2D eigenvalue weighted by atomic mass is 79.9. The molecule has 26 heavy (non-hydrogen) atoms. The number of rotatable bonds is 6. The highest BCUT2D eigenvalue weighted by Crippen LogP contribution is 2.16. The lowest BCUT2D eigenvalue weighted by molar-refractivity contribution is 0.198. The Bertz CT molecular complexity index is 676. The Morgan fingerprint density at radius 1 is 1.23 bits per heavy atom. The van der Waals surface area contributed by atoms with Crippen molar-refractivity contribution < 1.29 is 4.42 Å². The van der Waals surface area contributed by atoms with Crippen molar-refractivity contribution in [2.75, 3.05) is 19.6 Å². The highest BCUT2D eigenvalue weighted by molar-refractivity contribution is 9.10. The van der Waals surface area contributed by atoms with Crippen molar-refractivity contribution in [1.82, 2.24) is 15.5 Å². The fraction of sp³-hybridized carbons (Fsp3) is 0.450. The molecule has 0 amide bonds. The van der Waals surface area contributed by atoms with Crippen LogP contribution >= 0.6 is 15.9 Å². The zero-order valence-electron chi connectivity index (χ0n) is 15.2. The Kier molecular flexibility index (Phi) is 7.14. The molecular formula is C20H27BrN4O. The maximum atomic E-state index is 5.36. The van der Waals surface area contributed by atoms with E-state index in [2.05, 4.69) is 67.6 Å². The lowest BCUT2D eigenvalue weighted by Gasteiger charge is -2.33. The van der Waals surface area contributed by atoms with Crippen LogP contribution in [0, 0.1) is 0 Å². The van der Waals surface area contributed by atoms with Gasteiger partial charge in [0.25, 0.3) is 0 Å². The molecule has 0 radical (unpaired) electrons. The first-order valence-electron chi connectivity index (χ1n) is 9.27. The monoisotopic (exact) mass is 418 g/mol. The van der Waals surface area contributed by atoms with Crippen molar-refractivity contribution in [3.63, 3.8) is 0 Å². The third-order valence-corrected chi connectivity index (χ3v) is 5.09. The van der Waals surface area contributed by atoms with Crippen LogP contribution in [0.5, 0.6) is 0 Å². The molecule has 1 aromatic carbocycles. The summed E-state index contributed by atoms with van der Waals surface area (Å²) in [6.45, 7) is 6.73. The molecule has 1 aliphatic heterocycles. The van der Waals surface area contributed by atoms with Crippen LogP contribution in [0.1, 0.15) is 31.1 Å². The van der Waals surface area contributed by atoms with Crippen molar-refractivity contribution in [3.05, 3.63) is 58.5 Å². The van der Waals surface area contributed by atoms with Crippen LogP contribution in [-0.4, -0.2) is 36.5 Å². The van der Waals surface area contributed by atoms with Crippen molar-refractivity contribution >= 4 is 21.9 Å². The van der Waals surface area contributed by atoms with Gasteiger partial charge in [-0.3, -0.25) is 4.90 Å². The fourth-order valence-electron chi connectivity index (χ4n) is 3.16. The second kappa shape index (κ2) is 9.78. The standard InChI is InChI=1S/C20H27BrN4O/c1-2-22-20(23-14-19-4-3-13-26-19)24-18-9-11-25(12-10-18)15-16-5-7-17(21)8-6-16/h3-8,13,18H,2,9-12,14-15H2,1H3,(H2,22,23,24). The minimum Gasteiger partial charge on any atom is -0.467 e. The second-order valence-electron chi connectivity index (χ2n) is 6.60. The molecule has 1 aliphatic rings. The summed E-state index contributed by atoms with van der Waals surface area (Å²) in [5.41, 5.74) is 1.37. The van der Waals surface area contributed by atoms with Gasteiger partial charge in [0.05, 0.1) is 6.26 Å². The molecule has 2 aromatic rings. The summed E-state index contributed by atoms with van der Waals surface area (Å²) in [5, 5.41) is 6.90. The SMILES string of the molecule is CCNC(=NCc1ccco1)NC1CCN(Cc2ccc(Br)cc2)CC1. The molecule has 0 atom stereocenters. The predicted octanol–water partition coefficient (Wildman–Crippen LogP) is 3.76. The molecule has 3 rings (SSSR count). The number of benzene rings is 1. The smallest absolute Gasteiger partial charge is 0.191 e. The third kappa shape index (κ3) is 5.88. The number of furan rings is 1.